The van der Waals surface area contributed by atoms with Gasteiger partial charge in [0, 0.05) is 11.3 Å². The van der Waals surface area contributed by atoms with Gasteiger partial charge in [0.25, 0.3) is 0 Å². The standard InChI is InChI=1S/C12H11NO5/c14-10(12-4-2-6-18-12)7-9(8-13(15)16)11-3-1-5-17-11/h1-6,9H,7-8H2/t9-/m0/s1. The van der Waals surface area contributed by atoms with Crippen molar-refractivity contribution >= 4 is 5.78 Å². The zero-order valence-corrected chi connectivity index (χ0v) is 9.44. The molecule has 0 radical (unpaired) electrons. The number of furan rings is 2. The fourth-order valence-corrected chi connectivity index (χ4v) is 1.72. The van der Waals surface area contributed by atoms with Crippen molar-refractivity contribution in [3.05, 3.63) is 58.4 Å². The number of hydrogen-bond donors (Lipinski definition) is 0. The van der Waals surface area contributed by atoms with E-state index in [4.69, 9.17) is 8.83 Å². The summed E-state index contributed by atoms with van der Waals surface area (Å²) in [7, 11) is 0. The Kier molecular flexibility index (Phi) is 3.57. The Morgan fingerprint density at radius 2 is 2.00 bits per heavy atom. The topological polar surface area (TPSA) is 86.5 Å². The van der Waals surface area contributed by atoms with E-state index in [2.05, 4.69) is 0 Å². The Morgan fingerprint density at radius 3 is 2.56 bits per heavy atom. The summed E-state index contributed by atoms with van der Waals surface area (Å²) in [4.78, 5) is 22.0. The molecule has 1 atom stereocenters. The molecule has 2 heterocycles. The molecule has 0 amide bonds. The first-order valence-corrected chi connectivity index (χ1v) is 5.38. The first-order chi connectivity index (χ1) is 8.66. The maximum absolute atomic E-state index is 11.8. The largest absolute Gasteiger partial charge is 0.469 e. The Hall–Kier alpha value is -2.37. The highest BCUT2D eigenvalue weighted by atomic mass is 16.6. The number of nitro groups is 1. The fourth-order valence-electron chi connectivity index (χ4n) is 1.72. The van der Waals surface area contributed by atoms with E-state index in [-0.39, 0.29) is 24.5 Å². The molecule has 0 N–H and O–H groups in total. The number of ketones is 1. The summed E-state index contributed by atoms with van der Waals surface area (Å²) in [5.41, 5.74) is 0. The third kappa shape index (κ3) is 2.85. The predicted molar refractivity (Wildman–Crippen MR) is 61.0 cm³/mol. The Labute approximate surface area is 102 Å². The van der Waals surface area contributed by atoms with Crippen molar-refractivity contribution in [2.75, 3.05) is 6.54 Å². The number of hydrogen-bond acceptors (Lipinski definition) is 5. The van der Waals surface area contributed by atoms with Crippen LogP contribution in [0.3, 0.4) is 0 Å². The van der Waals surface area contributed by atoms with E-state index < -0.39 is 10.8 Å². The number of carbonyl (C=O) groups excluding carboxylic acids is 1. The molecule has 2 aromatic rings. The van der Waals surface area contributed by atoms with Crippen LogP contribution in [-0.4, -0.2) is 17.3 Å². The van der Waals surface area contributed by atoms with Gasteiger partial charge in [-0.1, -0.05) is 0 Å². The van der Waals surface area contributed by atoms with E-state index in [1.54, 1.807) is 18.2 Å². The van der Waals surface area contributed by atoms with Crippen molar-refractivity contribution < 1.29 is 18.6 Å². The molecule has 0 spiro atoms. The average molecular weight is 249 g/mol. The molecule has 94 valence electrons. The summed E-state index contributed by atoms with van der Waals surface area (Å²) >= 11 is 0. The van der Waals surface area contributed by atoms with Gasteiger partial charge in [0.05, 0.1) is 18.4 Å². The van der Waals surface area contributed by atoms with Crippen molar-refractivity contribution in [2.45, 2.75) is 12.3 Å². The zero-order chi connectivity index (χ0) is 13.0. The quantitative estimate of drug-likeness (QED) is 0.446. The van der Waals surface area contributed by atoms with Gasteiger partial charge in [0.15, 0.2) is 11.5 Å². The van der Waals surface area contributed by atoms with Gasteiger partial charge in [0.1, 0.15) is 5.76 Å². The molecule has 6 nitrogen and oxygen atoms in total. The van der Waals surface area contributed by atoms with Crippen LogP contribution in [0.15, 0.2) is 45.6 Å². The molecule has 2 aromatic heterocycles. The van der Waals surface area contributed by atoms with Crippen LogP contribution < -0.4 is 0 Å². The Balaban J connectivity index is 2.11. The highest BCUT2D eigenvalue weighted by molar-refractivity contribution is 5.93. The molecule has 2 rings (SSSR count). The minimum absolute atomic E-state index is 0.0119. The number of carbonyl (C=O) groups is 1. The van der Waals surface area contributed by atoms with Crippen LogP contribution in [0.5, 0.6) is 0 Å². The van der Waals surface area contributed by atoms with Gasteiger partial charge >= 0.3 is 0 Å². The van der Waals surface area contributed by atoms with Crippen LogP contribution in [0.2, 0.25) is 0 Å². The third-order valence-electron chi connectivity index (χ3n) is 2.54. The van der Waals surface area contributed by atoms with Crippen molar-refractivity contribution in [1.82, 2.24) is 0 Å². The lowest BCUT2D eigenvalue weighted by Gasteiger charge is -2.08. The van der Waals surface area contributed by atoms with Crippen LogP contribution in [0.25, 0.3) is 0 Å². The number of nitrogens with zero attached hydrogens (tertiary/aromatic N) is 1. The van der Waals surface area contributed by atoms with E-state index in [1.807, 2.05) is 0 Å². The van der Waals surface area contributed by atoms with Crippen molar-refractivity contribution in [3.63, 3.8) is 0 Å². The van der Waals surface area contributed by atoms with E-state index in [9.17, 15) is 14.9 Å². The second kappa shape index (κ2) is 5.31. The maximum Gasteiger partial charge on any atom is 0.214 e. The SMILES string of the molecule is O=C(C[C@@H](C[N+](=O)[O-])c1ccco1)c1ccco1. The molecule has 18 heavy (non-hydrogen) atoms. The number of Topliss-reactive ketones (excluding diaryl/α,β-unsaturated/α-hetero) is 1. The van der Waals surface area contributed by atoms with Crippen LogP contribution in [0, 0.1) is 10.1 Å². The first kappa shape index (κ1) is 12.1. The minimum atomic E-state index is -0.576. The minimum Gasteiger partial charge on any atom is -0.469 e. The van der Waals surface area contributed by atoms with Crippen molar-refractivity contribution in [1.29, 1.82) is 0 Å². The Morgan fingerprint density at radius 1 is 1.28 bits per heavy atom. The second-order valence-electron chi connectivity index (χ2n) is 3.83. The molecule has 6 heteroatoms. The molecule has 0 aromatic carbocycles. The summed E-state index contributed by atoms with van der Waals surface area (Å²) in [6.07, 6.45) is 2.81. The van der Waals surface area contributed by atoms with E-state index in [0.717, 1.165) is 0 Å². The van der Waals surface area contributed by atoms with Gasteiger partial charge in [-0.2, -0.15) is 0 Å². The molecule has 0 aliphatic carbocycles. The molecule has 0 aliphatic heterocycles. The maximum atomic E-state index is 11.8. The lowest BCUT2D eigenvalue weighted by molar-refractivity contribution is -0.483. The molecule has 0 unspecified atom stereocenters. The second-order valence-corrected chi connectivity index (χ2v) is 3.83. The number of rotatable bonds is 6. The molecule has 0 saturated carbocycles. The van der Waals surface area contributed by atoms with Crippen LogP contribution in [-0.2, 0) is 0 Å². The molecular weight excluding hydrogens is 238 g/mol. The summed E-state index contributed by atoms with van der Waals surface area (Å²) < 4.78 is 10.1. The van der Waals surface area contributed by atoms with E-state index >= 15 is 0 Å². The van der Waals surface area contributed by atoms with Crippen molar-refractivity contribution in [2.24, 2.45) is 0 Å². The Bertz CT molecular complexity index is 515. The summed E-state index contributed by atoms with van der Waals surface area (Å²) in [6, 6.07) is 6.40. The lowest BCUT2D eigenvalue weighted by atomic mass is 9.99. The highest BCUT2D eigenvalue weighted by Crippen LogP contribution is 2.22. The molecule has 0 fully saturated rings. The predicted octanol–water partition coefficient (Wildman–Crippen LogP) is 2.51. The molecule has 0 saturated heterocycles. The fraction of sp³-hybridized carbons (Fsp3) is 0.250. The molecule has 0 bridgehead atoms. The first-order valence-electron chi connectivity index (χ1n) is 5.38. The molecule has 0 aliphatic rings. The normalized spacial score (nSPS) is 12.2. The zero-order valence-electron chi connectivity index (χ0n) is 9.44. The van der Waals surface area contributed by atoms with Gasteiger partial charge in [-0.25, -0.2) is 0 Å². The van der Waals surface area contributed by atoms with Crippen LogP contribution in [0.1, 0.15) is 28.7 Å². The van der Waals surface area contributed by atoms with E-state index in [0.29, 0.717) is 5.76 Å². The monoisotopic (exact) mass is 249 g/mol. The van der Waals surface area contributed by atoms with Gasteiger partial charge in [-0.3, -0.25) is 14.9 Å². The average Bonchev–Trinajstić information content (AvgIpc) is 3.01. The summed E-state index contributed by atoms with van der Waals surface area (Å²) in [5.74, 6) is -0.211. The smallest absolute Gasteiger partial charge is 0.214 e. The van der Waals surface area contributed by atoms with Crippen LogP contribution >= 0.6 is 0 Å². The van der Waals surface area contributed by atoms with Crippen molar-refractivity contribution in [3.8, 4) is 0 Å². The third-order valence-corrected chi connectivity index (χ3v) is 2.54. The van der Waals surface area contributed by atoms with E-state index in [1.165, 1.54) is 18.6 Å². The summed E-state index contributed by atoms with van der Waals surface area (Å²) in [6.45, 7) is -0.347. The van der Waals surface area contributed by atoms with Gasteiger partial charge < -0.3 is 8.83 Å². The van der Waals surface area contributed by atoms with Gasteiger partial charge in [0.2, 0.25) is 6.54 Å². The van der Waals surface area contributed by atoms with Gasteiger partial charge in [-0.15, -0.1) is 0 Å². The highest BCUT2D eigenvalue weighted by Gasteiger charge is 2.25. The summed E-state index contributed by atoms with van der Waals surface area (Å²) in [5, 5.41) is 10.6. The van der Waals surface area contributed by atoms with Crippen LogP contribution in [0.4, 0.5) is 0 Å². The lowest BCUT2D eigenvalue weighted by Crippen LogP contribution is -2.16. The molecular formula is C12H11NO5. The van der Waals surface area contributed by atoms with Gasteiger partial charge in [-0.05, 0) is 24.3 Å².